The fourth-order valence-corrected chi connectivity index (χ4v) is 1.55. The SMILES string of the molecule is CCc1cncc2c1OCCNC2. The number of aromatic nitrogens is 1. The summed E-state index contributed by atoms with van der Waals surface area (Å²) in [6.45, 7) is 4.66. The maximum Gasteiger partial charge on any atom is 0.130 e. The Morgan fingerprint density at radius 1 is 1.54 bits per heavy atom. The van der Waals surface area contributed by atoms with Crippen molar-refractivity contribution in [2.24, 2.45) is 0 Å². The Balaban J connectivity index is 2.40. The van der Waals surface area contributed by atoms with Crippen molar-refractivity contribution in [1.29, 1.82) is 0 Å². The van der Waals surface area contributed by atoms with Crippen molar-refractivity contribution >= 4 is 0 Å². The second-order valence-corrected chi connectivity index (χ2v) is 3.17. The van der Waals surface area contributed by atoms with Crippen molar-refractivity contribution < 1.29 is 4.74 Å². The van der Waals surface area contributed by atoms with Crippen LogP contribution in [0.25, 0.3) is 0 Å². The summed E-state index contributed by atoms with van der Waals surface area (Å²) in [5.74, 6) is 1.04. The lowest BCUT2D eigenvalue weighted by molar-refractivity contribution is 0.322. The molecule has 3 heteroatoms. The number of pyridine rings is 1. The fraction of sp³-hybridized carbons (Fsp3) is 0.500. The molecule has 0 unspecified atom stereocenters. The summed E-state index contributed by atoms with van der Waals surface area (Å²) in [5.41, 5.74) is 2.39. The molecule has 2 rings (SSSR count). The fourth-order valence-electron chi connectivity index (χ4n) is 1.55. The molecule has 1 N–H and O–H groups in total. The van der Waals surface area contributed by atoms with E-state index in [0.29, 0.717) is 0 Å². The first-order valence-electron chi connectivity index (χ1n) is 4.71. The van der Waals surface area contributed by atoms with Gasteiger partial charge in [-0.25, -0.2) is 0 Å². The van der Waals surface area contributed by atoms with Crippen molar-refractivity contribution in [2.75, 3.05) is 13.2 Å². The topological polar surface area (TPSA) is 34.1 Å². The van der Waals surface area contributed by atoms with Crippen LogP contribution in [0, 0.1) is 0 Å². The standard InChI is InChI=1S/C10H14N2O/c1-2-8-5-12-7-9-6-11-3-4-13-10(8)9/h5,7,11H,2-4,6H2,1H3. The first-order chi connectivity index (χ1) is 6.42. The molecule has 0 saturated heterocycles. The Morgan fingerprint density at radius 3 is 3.31 bits per heavy atom. The number of hydrogen-bond donors (Lipinski definition) is 1. The van der Waals surface area contributed by atoms with Crippen LogP contribution < -0.4 is 10.1 Å². The quantitative estimate of drug-likeness (QED) is 0.700. The van der Waals surface area contributed by atoms with Crippen LogP contribution in [0.4, 0.5) is 0 Å². The molecule has 0 aliphatic carbocycles. The molecule has 0 amide bonds. The summed E-state index contributed by atoms with van der Waals surface area (Å²) in [6, 6.07) is 0. The van der Waals surface area contributed by atoms with Crippen LogP contribution in [0.1, 0.15) is 18.1 Å². The molecule has 3 nitrogen and oxygen atoms in total. The lowest BCUT2D eigenvalue weighted by Crippen LogP contribution is -2.16. The van der Waals surface area contributed by atoms with Gasteiger partial charge in [-0.1, -0.05) is 6.92 Å². The molecule has 0 bridgehead atoms. The Kier molecular flexibility index (Phi) is 2.45. The number of aryl methyl sites for hydroxylation is 1. The molecule has 13 heavy (non-hydrogen) atoms. The third-order valence-electron chi connectivity index (χ3n) is 2.27. The molecule has 0 spiro atoms. The molecule has 0 atom stereocenters. The van der Waals surface area contributed by atoms with Gasteiger partial charge >= 0.3 is 0 Å². The predicted molar refractivity (Wildman–Crippen MR) is 50.8 cm³/mol. The van der Waals surface area contributed by atoms with Crippen LogP contribution in [0.2, 0.25) is 0 Å². The number of nitrogens with one attached hydrogen (secondary N) is 1. The summed E-state index contributed by atoms with van der Waals surface area (Å²) in [7, 11) is 0. The molecule has 2 heterocycles. The van der Waals surface area contributed by atoms with Crippen molar-refractivity contribution in [3.8, 4) is 5.75 Å². The van der Waals surface area contributed by atoms with Crippen molar-refractivity contribution in [3.05, 3.63) is 23.5 Å². The van der Waals surface area contributed by atoms with Gasteiger partial charge in [-0.05, 0) is 6.42 Å². The minimum absolute atomic E-state index is 0.754. The van der Waals surface area contributed by atoms with Crippen LogP contribution in [-0.4, -0.2) is 18.1 Å². The Hall–Kier alpha value is -1.09. The summed E-state index contributed by atoms with van der Waals surface area (Å²) < 4.78 is 5.67. The van der Waals surface area contributed by atoms with Gasteiger partial charge in [-0.15, -0.1) is 0 Å². The van der Waals surface area contributed by atoms with E-state index >= 15 is 0 Å². The van der Waals surface area contributed by atoms with E-state index in [1.165, 1.54) is 11.1 Å². The normalized spacial score (nSPS) is 15.8. The Labute approximate surface area is 78.1 Å². The van der Waals surface area contributed by atoms with Crippen LogP contribution in [-0.2, 0) is 13.0 Å². The van der Waals surface area contributed by atoms with Gasteiger partial charge in [0.05, 0.1) is 0 Å². The second-order valence-electron chi connectivity index (χ2n) is 3.17. The van der Waals surface area contributed by atoms with Gasteiger partial charge in [-0.3, -0.25) is 4.98 Å². The van der Waals surface area contributed by atoms with Crippen LogP contribution >= 0.6 is 0 Å². The van der Waals surface area contributed by atoms with E-state index in [-0.39, 0.29) is 0 Å². The lowest BCUT2D eigenvalue weighted by Gasteiger charge is -2.09. The Bertz CT molecular complexity index is 299. The lowest BCUT2D eigenvalue weighted by atomic mass is 10.1. The van der Waals surface area contributed by atoms with E-state index in [4.69, 9.17) is 4.74 Å². The average Bonchev–Trinajstić information content (AvgIpc) is 2.41. The van der Waals surface area contributed by atoms with Gasteiger partial charge in [0.1, 0.15) is 12.4 Å². The highest BCUT2D eigenvalue weighted by Gasteiger charge is 2.11. The highest BCUT2D eigenvalue weighted by atomic mass is 16.5. The molecule has 1 aromatic rings. The van der Waals surface area contributed by atoms with Crippen LogP contribution in [0.5, 0.6) is 5.75 Å². The van der Waals surface area contributed by atoms with E-state index in [0.717, 1.165) is 31.9 Å². The van der Waals surface area contributed by atoms with E-state index in [1.54, 1.807) is 0 Å². The molecule has 1 aromatic heterocycles. The molecule has 1 aliphatic heterocycles. The highest BCUT2D eigenvalue weighted by molar-refractivity contribution is 5.39. The highest BCUT2D eigenvalue weighted by Crippen LogP contribution is 2.24. The second kappa shape index (κ2) is 3.75. The number of fused-ring (bicyclic) bond motifs is 1. The van der Waals surface area contributed by atoms with Gasteiger partial charge in [0.2, 0.25) is 0 Å². The first kappa shape index (κ1) is 8.51. The maximum absolute atomic E-state index is 5.67. The van der Waals surface area contributed by atoms with E-state index in [2.05, 4.69) is 17.2 Å². The minimum Gasteiger partial charge on any atom is -0.492 e. The molecule has 0 radical (unpaired) electrons. The average molecular weight is 178 g/mol. The van der Waals surface area contributed by atoms with Gasteiger partial charge in [0.15, 0.2) is 0 Å². The minimum atomic E-state index is 0.754. The molecule has 0 fully saturated rings. The smallest absolute Gasteiger partial charge is 0.130 e. The van der Waals surface area contributed by atoms with E-state index in [1.807, 2.05) is 12.4 Å². The van der Waals surface area contributed by atoms with Crippen LogP contribution in [0.3, 0.4) is 0 Å². The summed E-state index contributed by atoms with van der Waals surface area (Å²) in [4.78, 5) is 4.19. The monoisotopic (exact) mass is 178 g/mol. The van der Waals surface area contributed by atoms with Crippen LogP contribution in [0.15, 0.2) is 12.4 Å². The third kappa shape index (κ3) is 1.65. The molecule has 70 valence electrons. The van der Waals surface area contributed by atoms with Gasteiger partial charge in [0, 0.05) is 36.6 Å². The molecular formula is C10H14N2O. The number of nitrogens with zero attached hydrogens (tertiary/aromatic N) is 1. The number of rotatable bonds is 1. The number of ether oxygens (including phenoxy) is 1. The third-order valence-corrected chi connectivity index (χ3v) is 2.27. The maximum atomic E-state index is 5.67. The van der Waals surface area contributed by atoms with E-state index in [9.17, 15) is 0 Å². The zero-order valence-electron chi connectivity index (χ0n) is 7.84. The molecular weight excluding hydrogens is 164 g/mol. The largest absolute Gasteiger partial charge is 0.492 e. The summed E-state index contributed by atoms with van der Waals surface area (Å²) in [6.07, 6.45) is 4.76. The van der Waals surface area contributed by atoms with Gasteiger partial charge in [0.25, 0.3) is 0 Å². The zero-order chi connectivity index (χ0) is 9.10. The van der Waals surface area contributed by atoms with Gasteiger partial charge in [-0.2, -0.15) is 0 Å². The summed E-state index contributed by atoms with van der Waals surface area (Å²) >= 11 is 0. The predicted octanol–water partition coefficient (Wildman–Crippen LogP) is 1.13. The van der Waals surface area contributed by atoms with Crippen molar-refractivity contribution in [1.82, 2.24) is 10.3 Å². The summed E-state index contributed by atoms with van der Waals surface area (Å²) in [5, 5.41) is 3.29. The van der Waals surface area contributed by atoms with Gasteiger partial charge < -0.3 is 10.1 Å². The first-order valence-corrected chi connectivity index (χ1v) is 4.71. The molecule has 0 saturated carbocycles. The Morgan fingerprint density at radius 2 is 2.46 bits per heavy atom. The van der Waals surface area contributed by atoms with Crippen molar-refractivity contribution in [2.45, 2.75) is 19.9 Å². The zero-order valence-corrected chi connectivity index (χ0v) is 7.84. The van der Waals surface area contributed by atoms with E-state index < -0.39 is 0 Å². The number of hydrogen-bond acceptors (Lipinski definition) is 3. The van der Waals surface area contributed by atoms with Crippen molar-refractivity contribution in [3.63, 3.8) is 0 Å². The molecule has 1 aliphatic rings. The molecule has 0 aromatic carbocycles.